The van der Waals surface area contributed by atoms with Gasteiger partial charge in [-0.25, -0.2) is 13.3 Å². The largest absolute Gasteiger partial charge is 0.373 e. The number of carbonyl (C=O) groups excluding carboxylic acids is 1. The van der Waals surface area contributed by atoms with Crippen LogP contribution in [0.2, 0.25) is 5.02 Å². The van der Waals surface area contributed by atoms with Crippen molar-refractivity contribution in [2.45, 2.75) is 12.6 Å². The van der Waals surface area contributed by atoms with E-state index < -0.39 is 17.9 Å². The highest BCUT2D eigenvalue weighted by Crippen LogP contribution is 2.42. The molecule has 1 saturated carbocycles. The van der Waals surface area contributed by atoms with Crippen molar-refractivity contribution in [1.29, 1.82) is 0 Å². The predicted octanol–water partition coefficient (Wildman–Crippen LogP) is 4.03. The third kappa shape index (κ3) is 2.88. The molecular formula is C20H17ClF2N6O. The van der Waals surface area contributed by atoms with Crippen molar-refractivity contribution in [3.63, 3.8) is 0 Å². The number of nitrogens with zero attached hydrogens (tertiary/aromatic N) is 4. The molecule has 1 amide bonds. The Balaban J connectivity index is 1.59. The first-order chi connectivity index (χ1) is 14.3. The molecule has 5 rings (SSSR count). The zero-order valence-electron chi connectivity index (χ0n) is 16.1. The molecule has 2 atom stereocenters. The summed E-state index contributed by atoms with van der Waals surface area (Å²) in [5, 5.41) is 14.5. The molecule has 1 aliphatic carbocycles. The van der Waals surface area contributed by atoms with Crippen molar-refractivity contribution in [2.75, 3.05) is 24.3 Å². The second-order valence-corrected chi connectivity index (χ2v) is 7.94. The molecule has 0 radical (unpaired) electrons. The van der Waals surface area contributed by atoms with Crippen LogP contribution in [0.4, 0.5) is 20.3 Å². The summed E-state index contributed by atoms with van der Waals surface area (Å²) in [6, 6.07) is 5.22. The average molecular weight is 431 g/mol. The van der Waals surface area contributed by atoms with Crippen LogP contribution >= 0.6 is 11.6 Å². The number of nitrogens with one attached hydrogen (secondary N) is 2. The average Bonchev–Trinajstić information content (AvgIpc) is 3.08. The Bertz CT molecular complexity index is 1310. The van der Waals surface area contributed by atoms with Crippen LogP contribution < -0.4 is 10.2 Å². The number of hydrogen-bond acceptors (Lipinski definition) is 4. The van der Waals surface area contributed by atoms with Gasteiger partial charge in [0.2, 0.25) is 5.91 Å². The summed E-state index contributed by atoms with van der Waals surface area (Å²) in [5.41, 5.74) is 2.73. The van der Waals surface area contributed by atoms with E-state index in [1.165, 1.54) is 0 Å². The normalized spacial score (nSPS) is 18.2. The minimum atomic E-state index is -1.08. The summed E-state index contributed by atoms with van der Waals surface area (Å²) in [4.78, 5) is 13.6. The van der Waals surface area contributed by atoms with Crippen LogP contribution in [0.1, 0.15) is 6.42 Å². The highest BCUT2D eigenvalue weighted by atomic mass is 35.5. The van der Waals surface area contributed by atoms with E-state index >= 15 is 4.39 Å². The molecule has 7 nitrogen and oxygen atoms in total. The summed E-state index contributed by atoms with van der Waals surface area (Å²) in [6.07, 6.45) is 2.47. The Morgan fingerprint density at radius 1 is 1.40 bits per heavy atom. The van der Waals surface area contributed by atoms with Gasteiger partial charge in [-0.2, -0.15) is 10.2 Å². The predicted molar refractivity (Wildman–Crippen MR) is 111 cm³/mol. The van der Waals surface area contributed by atoms with Gasteiger partial charge in [0.15, 0.2) is 11.6 Å². The van der Waals surface area contributed by atoms with Gasteiger partial charge >= 0.3 is 0 Å². The van der Waals surface area contributed by atoms with Crippen LogP contribution in [-0.2, 0) is 4.79 Å². The first kappa shape index (κ1) is 18.8. The second-order valence-electron chi connectivity index (χ2n) is 7.57. The molecular weight excluding hydrogens is 414 g/mol. The summed E-state index contributed by atoms with van der Waals surface area (Å²) in [7, 11) is 3.46. The number of amides is 1. The summed E-state index contributed by atoms with van der Waals surface area (Å²) in [5.74, 6) is -1.20. The van der Waals surface area contributed by atoms with Crippen LogP contribution in [0, 0.1) is 11.7 Å². The monoisotopic (exact) mass is 430 g/mol. The van der Waals surface area contributed by atoms with E-state index in [0.717, 1.165) is 0 Å². The third-order valence-corrected chi connectivity index (χ3v) is 5.62. The first-order valence-electron chi connectivity index (χ1n) is 9.31. The van der Waals surface area contributed by atoms with E-state index in [1.54, 1.807) is 54.1 Å². The fraction of sp³-hybridized carbons (Fsp3) is 0.250. The van der Waals surface area contributed by atoms with Gasteiger partial charge in [0.05, 0.1) is 28.2 Å². The zero-order valence-corrected chi connectivity index (χ0v) is 16.8. The van der Waals surface area contributed by atoms with Gasteiger partial charge in [-0.05, 0) is 24.1 Å². The summed E-state index contributed by atoms with van der Waals surface area (Å²) >= 11 is 6.44. The lowest BCUT2D eigenvalue weighted by atomic mass is 10.0. The lowest BCUT2D eigenvalue weighted by Gasteiger charge is -2.18. The number of rotatable bonds is 4. The molecule has 0 unspecified atom stereocenters. The van der Waals surface area contributed by atoms with Crippen molar-refractivity contribution in [2.24, 2.45) is 5.92 Å². The molecule has 1 aromatic carbocycles. The number of aromatic nitrogens is 4. The lowest BCUT2D eigenvalue weighted by molar-refractivity contribution is -0.117. The van der Waals surface area contributed by atoms with Crippen LogP contribution in [0.15, 0.2) is 30.6 Å². The Kier molecular flexibility index (Phi) is 4.18. The van der Waals surface area contributed by atoms with Crippen molar-refractivity contribution < 1.29 is 13.6 Å². The molecule has 10 heteroatoms. The number of fused-ring (bicyclic) bond motifs is 2. The summed E-state index contributed by atoms with van der Waals surface area (Å²) < 4.78 is 29.7. The number of carbonyl (C=O) groups is 1. The van der Waals surface area contributed by atoms with Crippen molar-refractivity contribution in [3.05, 3.63) is 41.4 Å². The molecule has 1 aliphatic rings. The standard InChI is InChI=1S/C20H17ClF2N6O/c1-28(2)19-17(23)16(21)15(12-8-24-26-18(12)19)9-3-4-29-10(5-9)6-14(27-29)25-20(30)11-7-13(11)22/h3-6,8,11,13H,7H2,1-2H3,(H,24,26)(H,25,27,30)/t11-,13+/m1/s1. The van der Waals surface area contributed by atoms with E-state index in [4.69, 9.17) is 11.6 Å². The molecule has 3 heterocycles. The number of H-pyrrole nitrogens is 1. The maximum absolute atomic E-state index is 15.1. The van der Waals surface area contributed by atoms with Crippen LogP contribution in [0.5, 0.6) is 0 Å². The minimum Gasteiger partial charge on any atom is -0.373 e. The number of pyridine rings is 1. The molecule has 0 saturated heterocycles. The minimum absolute atomic E-state index is 0.00675. The van der Waals surface area contributed by atoms with Crippen LogP contribution in [-0.4, -0.2) is 46.0 Å². The van der Waals surface area contributed by atoms with Gasteiger partial charge in [0.25, 0.3) is 0 Å². The molecule has 0 aliphatic heterocycles. The Morgan fingerprint density at radius 2 is 2.17 bits per heavy atom. The van der Waals surface area contributed by atoms with Gasteiger partial charge in [-0.15, -0.1) is 0 Å². The molecule has 1 fully saturated rings. The number of halogens is 3. The molecule has 154 valence electrons. The maximum atomic E-state index is 15.1. The Labute approximate surface area is 174 Å². The topological polar surface area (TPSA) is 78.3 Å². The highest BCUT2D eigenvalue weighted by molar-refractivity contribution is 6.36. The number of anilines is 2. The quantitative estimate of drug-likeness (QED) is 0.512. The molecule has 0 spiro atoms. The van der Waals surface area contributed by atoms with Crippen LogP contribution in [0.3, 0.4) is 0 Å². The third-order valence-electron chi connectivity index (χ3n) is 5.27. The second kappa shape index (κ2) is 6.66. The number of aromatic amines is 1. The van der Waals surface area contributed by atoms with E-state index in [9.17, 15) is 9.18 Å². The number of alkyl halides is 1. The van der Waals surface area contributed by atoms with Gasteiger partial charge in [-0.3, -0.25) is 9.89 Å². The highest BCUT2D eigenvalue weighted by Gasteiger charge is 2.43. The maximum Gasteiger partial charge on any atom is 0.231 e. The number of benzene rings is 1. The molecule has 4 aromatic rings. The Morgan fingerprint density at radius 3 is 2.87 bits per heavy atom. The zero-order chi connectivity index (χ0) is 21.2. The van der Waals surface area contributed by atoms with E-state index in [1.807, 2.05) is 0 Å². The smallest absolute Gasteiger partial charge is 0.231 e. The van der Waals surface area contributed by atoms with E-state index in [0.29, 0.717) is 39.1 Å². The molecule has 0 bridgehead atoms. The first-order valence-corrected chi connectivity index (χ1v) is 9.69. The van der Waals surface area contributed by atoms with E-state index in [2.05, 4.69) is 20.6 Å². The summed E-state index contributed by atoms with van der Waals surface area (Å²) in [6.45, 7) is 0. The van der Waals surface area contributed by atoms with Gasteiger partial charge in [-0.1, -0.05) is 11.6 Å². The molecule has 30 heavy (non-hydrogen) atoms. The molecule has 2 N–H and O–H groups in total. The fourth-order valence-electron chi connectivity index (χ4n) is 3.67. The van der Waals surface area contributed by atoms with Crippen molar-refractivity contribution in [3.8, 4) is 11.1 Å². The van der Waals surface area contributed by atoms with Gasteiger partial charge < -0.3 is 10.2 Å². The Hall–Kier alpha value is -3.20. The van der Waals surface area contributed by atoms with E-state index in [-0.39, 0.29) is 17.4 Å². The van der Waals surface area contributed by atoms with Crippen molar-refractivity contribution >= 4 is 45.4 Å². The van der Waals surface area contributed by atoms with Crippen molar-refractivity contribution in [1.82, 2.24) is 19.8 Å². The van der Waals surface area contributed by atoms with Crippen LogP contribution in [0.25, 0.3) is 27.5 Å². The fourth-order valence-corrected chi connectivity index (χ4v) is 3.97. The lowest BCUT2D eigenvalue weighted by Crippen LogP contribution is -2.15. The van der Waals surface area contributed by atoms with Gasteiger partial charge in [0.1, 0.15) is 11.9 Å². The SMILES string of the molecule is CN(C)c1c(F)c(Cl)c(-c2ccn3nc(NC(=O)[C@@H]4C[C@@H]4F)cc3c2)c2cn[nH]c12. The number of hydrogen-bond donors (Lipinski definition) is 2. The van der Waals surface area contributed by atoms with Gasteiger partial charge in [0, 0.05) is 37.3 Å². The molecule has 3 aromatic heterocycles.